The Morgan fingerprint density at radius 1 is 0.902 bits per heavy atom. The highest BCUT2D eigenvalue weighted by Crippen LogP contribution is 2.34. The van der Waals surface area contributed by atoms with Crippen molar-refractivity contribution in [2.75, 3.05) is 30.5 Å². The highest BCUT2D eigenvalue weighted by Gasteiger charge is 2.32. The first-order valence-corrected chi connectivity index (χ1v) is 18.7. The number of benzene rings is 4. The van der Waals surface area contributed by atoms with Crippen molar-refractivity contribution in [2.45, 2.75) is 50.2 Å². The van der Waals surface area contributed by atoms with Crippen molar-refractivity contribution in [3.05, 3.63) is 137 Å². The van der Waals surface area contributed by atoms with Crippen molar-refractivity contribution in [3.8, 4) is 0 Å². The number of carbonyl (C=O) groups excluding carboxylic acids is 2. The molecule has 1 fully saturated rings. The topological polar surface area (TPSA) is 128 Å². The zero-order chi connectivity index (χ0) is 36.6. The third-order valence-electron chi connectivity index (χ3n) is 8.69. The molecular formula is C38H41F3N4O5S. The molecule has 9 nitrogen and oxygen atoms in total. The Morgan fingerprint density at radius 2 is 1.57 bits per heavy atom. The lowest BCUT2D eigenvalue weighted by Gasteiger charge is -2.26. The first kappa shape index (κ1) is 37.5. The summed E-state index contributed by atoms with van der Waals surface area (Å²) in [7, 11) is -3.46. The fraction of sp³-hybridized carbons (Fsp3) is 0.316. The number of alkyl halides is 3. The van der Waals surface area contributed by atoms with E-state index in [1.165, 1.54) is 24.3 Å². The molecule has 0 bridgehead atoms. The molecule has 51 heavy (non-hydrogen) atoms. The molecule has 1 saturated heterocycles. The van der Waals surface area contributed by atoms with Gasteiger partial charge in [-0.3, -0.25) is 9.59 Å². The van der Waals surface area contributed by atoms with Crippen molar-refractivity contribution in [1.82, 2.24) is 15.5 Å². The van der Waals surface area contributed by atoms with Gasteiger partial charge in [0.1, 0.15) is 5.88 Å². The average molecular weight is 723 g/mol. The number of rotatable bonds is 14. The number of sulfone groups is 1. The van der Waals surface area contributed by atoms with E-state index in [0.717, 1.165) is 42.4 Å². The highest BCUT2D eigenvalue weighted by atomic mass is 32.2. The van der Waals surface area contributed by atoms with Crippen molar-refractivity contribution < 1.29 is 36.3 Å². The fourth-order valence-corrected chi connectivity index (χ4v) is 6.59. The maximum atomic E-state index is 14.0. The van der Waals surface area contributed by atoms with Crippen LogP contribution in [-0.4, -0.2) is 67.6 Å². The number of halogens is 3. The minimum atomic E-state index is -4.49. The number of hydrogen-bond donors (Lipinski definition) is 4. The van der Waals surface area contributed by atoms with E-state index in [1.807, 2.05) is 60.7 Å². The summed E-state index contributed by atoms with van der Waals surface area (Å²) >= 11 is 0. The minimum Gasteiger partial charge on any atom is -0.390 e. The molecule has 4 N–H and O–H groups in total. The second-order valence-corrected chi connectivity index (χ2v) is 14.9. The molecule has 0 radical (unpaired) electrons. The Morgan fingerprint density at radius 3 is 2.25 bits per heavy atom. The number of nitrogens with one attached hydrogen (secondary N) is 3. The molecule has 0 saturated carbocycles. The first-order chi connectivity index (χ1) is 24.3. The Balaban J connectivity index is 1.37. The van der Waals surface area contributed by atoms with Gasteiger partial charge in [0, 0.05) is 42.7 Å². The number of amides is 2. The quantitative estimate of drug-likeness (QED) is 0.134. The molecule has 3 atom stereocenters. The van der Waals surface area contributed by atoms with Crippen LogP contribution in [0, 0.1) is 0 Å². The van der Waals surface area contributed by atoms with E-state index in [4.69, 9.17) is 0 Å². The molecule has 0 aliphatic carbocycles. The van der Waals surface area contributed by atoms with Crippen LogP contribution in [0.5, 0.6) is 0 Å². The number of aliphatic hydroxyl groups is 1. The maximum Gasteiger partial charge on any atom is 0.416 e. The van der Waals surface area contributed by atoms with Gasteiger partial charge in [-0.05, 0) is 60.2 Å². The van der Waals surface area contributed by atoms with Crippen molar-refractivity contribution in [3.63, 3.8) is 0 Å². The molecule has 4 aromatic rings. The van der Waals surface area contributed by atoms with Crippen LogP contribution in [0.3, 0.4) is 0 Å². The molecule has 0 spiro atoms. The third-order valence-corrected chi connectivity index (χ3v) is 9.36. The lowest BCUT2D eigenvalue weighted by molar-refractivity contribution is -0.137. The fourth-order valence-electron chi connectivity index (χ4n) is 6.16. The second-order valence-electron chi connectivity index (χ2n) is 12.8. The number of aliphatic hydroxyl groups excluding tert-OH is 1. The van der Waals surface area contributed by atoms with E-state index in [-0.39, 0.29) is 48.3 Å². The molecule has 4 aromatic carbocycles. The molecule has 13 heteroatoms. The molecule has 2 amide bonds. The summed E-state index contributed by atoms with van der Waals surface area (Å²) in [5.74, 6) is -1.33. The molecule has 1 unspecified atom stereocenters. The Kier molecular flexibility index (Phi) is 12.2. The van der Waals surface area contributed by atoms with Crippen LogP contribution < -0.4 is 16.0 Å². The number of nitrogens with zero attached hydrogens (tertiary/aromatic N) is 1. The SMILES string of the molecule is CS(=O)(=O)CNc1cc(C(=O)N[C@@H](Cc2ccccc2)[C@H](O)CNCc2cccc(C(F)(F)F)c2)cc(C(=O)N2CCCC2c2ccccc2)c1. The van der Waals surface area contributed by atoms with E-state index < -0.39 is 45.5 Å². The van der Waals surface area contributed by atoms with Crippen molar-refractivity contribution in [1.29, 1.82) is 0 Å². The number of hydrogen-bond acceptors (Lipinski definition) is 7. The molecule has 0 aromatic heterocycles. The van der Waals surface area contributed by atoms with Crippen LogP contribution >= 0.6 is 0 Å². The van der Waals surface area contributed by atoms with Gasteiger partial charge in [0.15, 0.2) is 9.84 Å². The molecule has 1 heterocycles. The number of anilines is 1. The molecule has 1 aliphatic rings. The molecule has 1 aliphatic heterocycles. The largest absolute Gasteiger partial charge is 0.416 e. The predicted molar refractivity (Wildman–Crippen MR) is 190 cm³/mol. The van der Waals surface area contributed by atoms with Gasteiger partial charge in [0.05, 0.1) is 23.8 Å². The first-order valence-electron chi connectivity index (χ1n) is 16.6. The van der Waals surface area contributed by atoms with Crippen molar-refractivity contribution >= 4 is 27.3 Å². The Bertz CT molecular complexity index is 1910. The van der Waals surface area contributed by atoms with Crippen LogP contribution in [0.4, 0.5) is 18.9 Å². The number of likely N-dealkylation sites (tertiary alicyclic amines) is 1. The van der Waals surface area contributed by atoms with Crippen LogP contribution in [0.15, 0.2) is 103 Å². The van der Waals surface area contributed by atoms with E-state index in [1.54, 1.807) is 11.0 Å². The highest BCUT2D eigenvalue weighted by molar-refractivity contribution is 7.90. The van der Waals surface area contributed by atoms with Gasteiger partial charge in [-0.2, -0.15) is 13.2 Å². The molecule has 5 rings (SSSR count). The van der Waals surface area contributed by atoms with Gasteiger partial charge < -0.3 is 26.0 Å². The zero-order valence-corrected chi connectivity index (χ0v) is 28.9. The van der Waals surface area contributed by atoms with Crippen LogP contribution in [0.1, 0.15) is 61.9 Å². The van der Waals surface area contributed by atoms with E-state index >= 15 is 0 Å². The summed E-state index contributed by atoms with van der Waals surface area (Å²) in [6.07, 6.45) is -2.79. The summed E-state index contributed by atoms with van der Waals surface area (Å²) in [6.45, 7) is 0.510. The van der Waals surface area contributed by atoms with Gasteiger partial charge in [-0.25, -0.2) is 8.42 Å². The summed E-state index contributed by atoms with van der Waals surface area (Å²) in [6, 6.07) is 27.1. The lowest BCUT2D eigenvalue weighted by Crippen LogP contribution is -2.48. The molecular weight excluding hydrogens is 682 g/mol. The maximum absolute atomic E-state index is 14.0. The average Bonchev–Trinajstić information content (AvgIpc) is 3.60. The summed E-state index contributed by atoms with van der Waals surface area (Å²) in [4.78, 5) is 29.6. The zero-order valence-electron chi connectivity index (χ0n) is 28.1. The van der Waals surface area contributed by atoms with Crippen molar-refractivity contribution in [2.24, 2.45) is 0 Å². The summed E-state index contributed by atoms with van der Waals surface area (Å²) < 4.78 is 63.6. The van der Waals surface area contributed by atoms with E-state index in [9.17, 15) is 36.3 Å². The van der Waals surface area contributed by atoms with E-state index in [2.05, 4.69) is 16.0 Å². The Labute approximate surface area is 295 Å². The van der Waals surface area contributed by atoms with Gasteiger partial charge in [0.25, 0.3) is 11.8 Å². The van der Waals surface area contributed by atoms with Crippen LogP contribution in [0.2, 0.25) is 0 Å². The van der Waals surface area contributed by atoms with Gasteiger partial charge >= 0.3 is 6.18 Å². The normalized spacial score (nSPS) is 16.0. The summed E-state index contributed by atoms with van der Waals surface area (Å²) in [5, 5.41) is 20.0. The molecule has 270 valence electrons. The smallest absolute Gasteiger partial charge is 0.390 e. The number of carbonyl (C=O) groups is 2. The lowest BCUT2D eigenvalue weighted by atomic mass is 9.99. The predicted octanol–water partition coefficient (Wildman–Crippen LogP) is 5.59. The Hall–Kier alpha value is -4.72. The van der Waals surface area contributed by atoms with Gasteiger partial charge in [-0.1, -0.05) is 78.9 Å². The third kappa shape index (κ3) is 10.6. The van der Waals surface area contributed by atoms with E-state index in [0.29, 0.717) is 12.1 Å². The second kappa shape index (κ2) is 16.5. The van der Waals surface area contributed by atoms with Gasteiger partial charge in [0.2, 0.25) is 0 Å². The van der Waals surface area contributed by atoms with Crippen LogP contribution in [-0.2, 0) is 29.0 Å². The standard InChI is InChI=1S/C38H41F3N4O5S/c1-51(49,50)25-43-32-21-29(20-30(22-32)37(48)45-17-9-16-34(45)28-13-6-3-7-14-28)36(47)44-33(19-26-10-4-2-5-11-26)35(46)24-42-23-27-12-8-15-31(18-27)38(39,40)41/h2-8,10-15,18,20-22,33-35,42-43,46H,9,16-17,19,23-25H2,1H3,(H,44,47)/t33-,34?,35+/m0/s1. The minimum absolute atomic E-state index is 0.0486. The summed E-state index contributed by atoms with van der Waals surface area (Å²) in [5.41, 5.74) is 1.95. The van der Waals surface area contributed by atoms with Gasteiger partial charge in [-0.15, -0.1) is 0 Å². The monoisotopic (exact) mass is 722 g/mol. The van der Waals surface area contributed by atoms with Crippen LogP contribution in [0.25, 0.3) is 0 Å².